The number of nitrogens with zero attached hydrogens (tertiary/aromatic N) is 5. The topological polar surface area (TPSA) is 61.2 Å². The number of piperazine rings is 1. The Balaban J connectivity index is 1.53. The van der Waals surface area contributed by atoms with Crippen molar-refractivity contribution in [3.8, 4) is 0 Å². The van der Waals surface area contributed by atoms with Gasteiger partial charge in [0.2, 0.25) is 0 Å². The van der Waals surface area contributed by atoms with Crippen LogP contribution in [0.2, 0.25) is 5.02 Å². The Hall–Kier alpha value is -2.88. The predicted octanol–water partition coefficient (Wildman–Crippen LogP) is 4.84. The van der Waals surface area contributed by atoms with Crippen molar-refractivity contribution in [2.24, 2.45) is 5.92 Å². The Morgan fingerprint density at radius 1 is 1.11 bits per heavy atom. The van der Waals surface area contributed by atoms with E-state index in [9.17, 15) is 9.59 Å². The lowest BCUT2D eigenvalue weighted by Gasteiger charge is -2.37. The minimum atomic E-state index is -0.199. The number of aryl methyl sites for hydroxylation is 1. The molecule has 0 bridgehead atoms. The number of anilines is 2. The van der Waals surface area contributed by atoms with E-state index in [-0.39, 0.29) is 17.4 Å². The van der Waals surface area contributed by atoms with Crippen molar-refractivity contribution in [1.82, 2.24) is 14.3 Å². The molecule has 7 nitrogen and oxygen atoms in total. The van der Waals surface area contributed by atoms with Crippen molar-refractivity contribution < 1.29 is 4.79 Å². The van der Waals surface area contributed by atoms with E-state index in [2.05, 4.69) is 15.9 Å². The molecule has 0 aliphatic carbocycles. The number of hydrogen-bond donors (Lipinski definition) is 0. The number of thioether (sulfide) groups is 1. The number of carbonyl (C=O) groups excluding carboxylic acids is 1. The van der Waals surface area contributed by atoms with Crippen LogP contribution in [-0.2, 0) is 4.79 Å². The molecule has 1 amide bonds. The van der Waals surface area contributed by atoms with E-state index in [1.807, 2.05) is 51.1 Å². The molecule has 10 heteroatoms. The average molecular weight is 554 g/mol. The van der Waals surface area contributed by atoms with Gasteiger partial charge in [0.25, 0.3) is 11.5 Å². The van der Waals surface area contributed by atoms with E-state index in [1.165, 1.54) is 11.8 Å². The molecule has 4 heterocycles. The number of hydrogen-bond acceptors (Lipinski definition) is 7. The zero-order valence-electron chi connectivity index (χ0n) is 21.0. The first kappa shape index (κ1) is 25.8. The van der Waals surface area contributed by atoms with Gasteiger partial charge in [0.1, 0.15) is 15.8 Å². The molecular weight excluding hydrogens is 526 g/mol. The molecule has 1 aromatic carbocycles. The molecule has 0 saturated carbocycles. The zero-order valence-corrected chi connectivity index (χ0v) is 23.4. The van der Waals surface area contributed by atoms with E-state index < -0.39 is 0 Å². The lowest BCUT2D eigenvalue weighted by atomic mass is 10.2. The van der Waals surface area contributed by atoms with E-state index in [4.69, 9.17) is 28.8 Å². The zero-order chi connectivity index (χ0) is 26.3. The summed E-state index contributed by atoms with van der Waals surface area (Å²) in [4.78, 5) is 38.3. The van der Waals surface area contributed by atoms with Gasteiger partial charge in [-0.15, -0.1) is 0 Å². The summed E-state index contributed by atoms with van der Waals surface area (Å²) in [5, 5.41) is 0.705. The third-order valence-electron chi connectivity index (χ3n) is 6.43. The fourth-order valence-corrected chi connectivity index (χ4v) is 6.06. The predicted molar refractivity (Wildman–Crippen MR) is 157 cm³/mol. The molecule has 0 atom stereocenters. The molecule has 2 fully saturated rings. The number of rotatable bonds is 5. The van der Waals surface area contributed by atoms with Gasteiger partial charge >= 0.3 is 0 Å². The highest BCUT2D eigenvalue weighted by molar-refractivity contribution is 8.26. The molecule has 0 radical (unpaired) electrons. The van der Waals surface area contributed by atoms with Crippen LogP contribution in [0.3, 0.4) is 0 Å². The molecule has 2 aromatic heterocycles. The van der Waals surface area contributed by atoms with Crippen molar-refractivity contribution >= 4 is 69.0 Å². The van der Waals surface area contributed by atoms with Crippen molar-refractivity contribution in [1.29, 1.82) is 0 Å². The second-order valence-electron chi connectivity index (χ2n) is 9.73. The van der Waals surface area contributed by atoms with Crippen LogP contribution in [0, 0.1) is 12.8 Å². The fourth-order valence-electron chi connectivity index (χ4n) is 4.62. The Bertz CT molecular complexity index is 1480. The SMILES string of the molecule is Cc1ccc2nc(N3CCN(c4cccc(Cl)c4)CC3)c(/C=C3/SC(=S)N(CC(C)C)C3=O)c(=O)n2c1. The number of benzene rings is 1. The second kappa shape index (κ2) is 10.5. The van der Waals surface area contributed by atoms with Crippen LogP contribution in [-0.4, -0.2) is 57.2 Å². The number of carbonyl (C=O) groups is 1. The quantitative estimate of drug-likeness (QED) is 0.331. The Labute approximate surface area is 230 Å². The van der Waals surface area contributed by atoms with Gasteiger partial charge in [-0.05, 0) is 48.7 Å². The molecular formula is C27H28ClN5O2S2. The largest absolute Gasteiger partial charge is 0.368 e. The first-order chi connectivity index (χ1) is 17.7. The summed E-state index contributed by atoms with van der Waals surface area (Å²) in [5.74, 6) is 0.715. The normalized spacial score (nSPS) is 17.6. The van der Waals surface area contributed by atoms with E-state index in [1.54, 1.807) is 21.6 Å². The van der Waals surface area contributed by atoms with Gasteiger partial charge in [0.05, 0.1) is 10.5 Å². The summed E-state index contributed by atoms with van der Waals surface area (Å²) in [6.07, 6.45) is 3.47. The number of pyridine rings is 1. The minimum absolute atomic E-state index is 0.158. The monoisotopic (exact) mass is 553 g/mol. The van der Waals surface area contributed by atoms with Crippen molar-refractivity contribution in [2.75, 3.05) is 42.5 Å². The summed E-state index contributed by atoms with van der Waals surface area (Å²) >= 11 is 12.9. The summed E-state index contributed by atoms with van der Waals surface area (Å²) in [5.41, 5.74) is 2.81. The van der Waals surface area contributed by atoms with Gasteiger partial charge in [-0.1, -0.05) is 61.6 Å². The first-order valence-electron chi connectivity index (χ1n) is 12.2. The van der Waals surface area contributed by atoms with Gasteiger partial charge in [-0.3, -0.25) is 18.9 Å². The van der Waals surface area contributed by atoms with Gasteiger partial charge in [-0.2, -0.15) is 0 Å². The molecule has 0 spiro atoms. The van der Waals surface area contributed by atoms with Gasteiger partial charge in [-0.25, -0.2) is 4.98 Å². The third-order valence-corrected chi connectivity index (χ3v) is 8.05. The maximum Gasteiger partial charge on any atom is 0.267 e. The van der Waals surface area contributed by atoms with Crippen LogP contribution >= 0.6 is 35.6 Å². The number of halogens is 1. The van der Waals surface area contributed by atoms with Crippen molar-refractivity contribution in [3.63, 3.8) is 0 Å². The molecule has 2 aliphatic heterocycles. The van der Waals surface area contributed by atoms with Crippen LogP contribution in [0.1, 0.15) is 25.0 Å². The molecule has 5 rings (SSSR count). The maximum absolute atomic E-state index is 13.8. The van der Waals surface area contributed by atoms with Crippen LogP contribution < -0.4 is 15.4 Å². The highest BCUT2D eigenvalue weighted by atomic mass is 35.5. The number of amides is 1. The van der Waals surface area contributed by atoms with Crippen LogP contribution in [0.5, 0.6) is 0 Å². The summed E-state index contributed by atoms with van der Waals surface area (Å²) < 4.78 is 2.08. The Morgan fingerprint density at radius 3 is 2.54 bits per heavy atom. The van der Waals surface area contributed by atoms with Crippen LogP contribution in [0.4, 0.5) is 11.5 Å². The molecule has 3 aromatic rings. The van der Waals surface area contributed by atoms with E-state index in [0.717, 1.165) is 24.3 Å². The van der Waals surface area contributed by atoms with E-state index >= 15 is 0 Å². The van der Waals surface area contributed by atoms with Gasteiger partial charge < -0.3 is 9.80 Å². The first-order valence-corrected chi connectivity index (χ1v) is 13.9. The fraction of sp³-hybridized carbons (Fsp3) is 0.333. The molecule has 0 unspecified atom stereocenters. The smallest absolute Gasteiger partial charge is 0.267 e. The molecule has 2 aliphatic rings. The lowest BCUT2D eigenvalue weighted by molar-refractivity contribution is -0.122. The molecule has 0 N–H and O–H groups in total. The number of fused-ring (bicyclic) bond motifs is 1. The molecule has 192 valence electrons. The van der Waals surface area contributed by atoms with Crippen molar-refractivity contribution in [2.45, 2.75) is 20.8 Å². The number of thiocarbonyl (C=S) groups is 1. The second-order valence-corrected chi connectivity index (χ2v) is 11.8. The van der Waals surface area contributed by atoms with Gasteiger partial charge in [0.15, 0.2) is 0 Å². The van der Waals surface area contributed by atoms with E-state index in [0.29, 0.717) is 50.9 Å². The molecule has 37 heavy (non-hydrogen) atoms. The highest BCUT2D eigenvalue weighted by Crippen LogP contribution is 2.34. The Kier molecular flexibility index (Phi) is 7.29. The summed E-state index contributed by atoms with van der Waals surface area (Å²) in [7, 11) is 0. The van der Waals surface area contributed by atoms with Gasteiger partial charge in [0, 0.05) is 49.6 Å². The highest BCUT2D eigenvalue weighted by Gasteiger charge is 2.33. The average Bonchev–Trinajstić information content (AvgIpc) is 3.13. The number of aromatic nitrogens is 2. The Morgan fingerprint density at radius 2 is 1.84 bits per heavy atom. The molecule has 2 saturated heterocycles. The van der Waals surface area contributed by atoms with Crippen LogP contribution in [0.25, 0.3) is 11.7 Å². The minimum Gasteiger partial charge on any atom is -0.368 e. The lowest BCUT2D eigenvalue weighted by Crippen LogP contribution is -2.47. The summed E-state index contributed by atoms with van der Waals surface area (Å²) in [6, 6.07) is 11.6. The third kappa shape index (κ3) is 5.26. The van der Waals surface area contributed by atoms with Crippen LogP contribution in [0.15, 0.2) is 52.3 Å². The van der Waals surface area contributed by atoms with Crippen molar-refractivity contribution in [3.05, 3.63) is 74.0 Å². The summed E-state index contributed by atoms with van der Waals surface area (Å²) in [6.45, 7) is 9.44. The standard InChI is InChI=1S/C27H28ClN5O2S2/c1-17(2)15-33-26(35)22(37-27(33)36)14-21-24(29-23-8-7-18(3)16-32(23)25(21)34)31-11-9-30(10-12-31)20-6-4-5-19(28)13-20/h4-8,13-14,16-17H,9-12,15H2,1-3H3/b22-14+. The maximum atomic E-state index is 13.8.